The first kappa shape index (κ1) is 15.9. The number of esters is 1. The summed E-state index contributed by atoms with van der Waals surface area (Å²) in [5.41, 5.74) is -0.664. The van der Waals surface area contributed by atoms with Crippen LogP contribution in [0.25, 0.3) is 0 Å². The van der Waals surface area contributed by atoms with E-state index in [0.717, 1.165) is 11.6 Å². The van der Waals surface area contributed by atoms with Gasteiger partial charge in [0.1, 0.15) is 11.9 Å². The van der Waals surface area contributed by atoms with Crippen molar-refractivity contribution in [3.63, 3.8) is 0 Å². The number of nitrogens with zero attached hydrogens (tertiary/aromatic N) is 2. The number of methoxy groups -OCH3 is 1. The second-order valence-corrected chi connectivity index (χ2v) is 5.99. The SMILES string of the molecule is CCNC(C)(CC(C)Sc1ccncn1)C(=O)OC. The Hall–Kier alpha value is -1.14. The van der Waals surface area contributed by atoms with Gasteiger partial charge in [0.15, 0.2) is 0 Å². The van der Waals surface area contributed by atoms with Crippen LogP contribution in [-0.2, 0) is 9.53 Å². The van der Waals surface area contributed by atoms with Crippen LogP contribution in [0.1, 0.15) is 27.2 Å². The molecule has 6 heteroatoms. The third-order valence-electron chi connectivity index (χ3n) is 2.78. The summed E-state index contributed by atoms with van der Waals surface area (Å²) in [4.78, 5) is 20.0. The summed E-state index contributed by atoms with van der Waals surface area (Å²) in [5.74, 6) is -0.232. The fraction of sp³-hybridized carbons (Fsp3) is 0.615. The Balaban J connectivity index is 2.66. The molecule has 0 amide bonds. The van der Waals surface area contributed by atoms with Gasteiger partial charge in [-0.25, -0.2) is 9.97 Å². The number of aromatic nitrogens is 2. The lowest BCUT2D eigenvalue weighted by atomic mass is 9.96. The van der Waals surface area contributed by atoms with E-state index < -0.39 is 5.54 Å². The molecule has 0 aliphatic heterocycles. The number of rotatable bonds is 7. The summed E-state index contributed by atoms with van der Waals surface area (Å²) in [6.45, 7) is 6.64. The molecule has 106 valence electrons. The number of carbonyl (C=O) groups excluding carboxylic acids is 1. The smallest absolute Gasteiger partial charge is 0.325 e. The molecule has 0 saturated carbocycles. The Morgan fingerprint density at radius 1 is 1.63 bits per heavy atom. The molecule has 0 aliphatic carbocycles. The predicted octanol–water partition coefficient (Wildman–Crippen LogP) is 1.89. The highest BCUT2D eigenvalue weighted by molar-refractivity contribution is 7.99. The van der Waals surface area contributed by atoms with Gasteiger partial charge in [0, 0.05) is 11.4 Å². The Morgan fingerprint density at radius 2 is 2.37 bits per heavy atom. The first-order valence-corrected chi connectivity index (χ1v) is 7.16. The molecular formula is C13H21N3O2S. The average Bonchev–Trinajstić information content (AvgIpc) is 2.38. The Bertz CT molecular complexity index is 402. The van der Waals surface area contributed by atoms with Crippen molar-refractivity contribution in [1.29, 1.82) is 0 Å². The molecule has 0 saturated heterocycles. The minimum atomic E-state index is -0.664. The van der Waals surface area contributed by atoms with Gasteiger partial charge < -0.3 is 10.1 Å². The molecule has 0 fully saturated rings. The molecule has 1 heterocycles. The van der Waals surface area contributed by atoms with E-state index in [9.17, 15) is 4.79 Å². The molecule has 0 radical (unpaired) electrons. The van der Waals surface area contributed by atoms with Gasteiger partial charge in [0.05, 0.1) is 12.1 Å². The van der Waals surface area contributed by atoms with Gasteiger partial charge >= 0.3 is 5.97 Å². The molecule has 0 aliphatic rings. The Morgan fingerprint density at radius 3 is 2.89 bits per heavy atom. The standard InChI is InChI=1S/C13H21N3O2S/c1-5-16-13(3,12(17)18-4)8-10(2)19-11-6-7-14-9-15-11/h6-7,9-10,16H,5,8H2,1-4H3. The van der Waals surface area contributed by atoms with Crippen LogP contribution in [0.2, 0.25) is 0 Å². The lowest BCUT2D eigenvalue weighted by Crippen LogP contribution is -2.51. The number of ether oxygens (including phenoxy) is 1. The van der Waals surface area contributed by atoms with Crippen molar-refractivity contribution in [3.8, 4) is 0 Å². The van der Waals surface area contributed by atoms with Crippen LogP contribution >= 0.6 is 11.8 Å². The number of nitrogens with one attached hydrogen (secondary N) is 1. The van der Waals surface area contributed by atoms with Gasteiger partial charge in [-0.1, -0.05) is 13.8 Å². The number of likely N-dealkylation sites (N-methyl/N-ethyl adjacent to an activating group) is 1. The van der Waals surface area contributed by atoms with E-state index in [2.05, 4.69) is 22.2 Å². The largest absolute Gasteiger partial charge is 0.468 e. The van der Waals surface area contributed by atoms with Gasteiger partial charge in [-0.3, -0.25) is 4.79 Å². The van der Waals surface area contributed by atoms with E-state index in [4.69, 9.17) is 4.74 Å². The van der Waals surface area contributed by atoms with E-state index in [1.54, 1.807) is 18.0 Å². The molecule has 5 nitrogen and oxygen atoms in total. The molecule has 0 spiro atoms. The van der Waals surface area contributed by atoms with Crippen LogP contribution in [-0.4, -0.2) is 40.4 Å². The van der Waals surface area contributed by atoms with Crippen LogP contribution in [0, 0.1) is 0 Å². The van der Waals surface area contributed by atoms with E-state index in [1.807, 2.05) is 19.9 Å². The molecule has 0 aromatic carbocycles. The fourth-order valence-corrected chi connectivity index (χ4v) is 3.09. The van der Waals surface area contributed by atoms with Crippen LogP contribution in [0.5, 0.6) is 0 Å². The normalized spacial score (nSPS) is 15.6. The van der Waals surface area contributed by atoms with Crippen molar-refractivity contribution in [3.05, 3.63) is 18.6 Å². The summed E-state index contributed by atoms with van der Waals surface area (Å²) in [5, 5.41) is 4.35. The molecule has 1 rings (SSSR count). The second-order valence-electron chi connectivity index (χ2n) is 4.53. The molecule has 1 aromatic rings. The average molecular weight is 283 g/mol. The fourth-order valence-electron chi connectivity index (χ4n) is 2.01. The van der Waals surface area contributed by atoms with Crippen LogP contribution in [0.15, 0.2) is 23.6 Å². The van der Waals surface area contributed by atoms with E-state index >= 15 is 0 Å². The zero-order valence-corrected chi connectivity index (χ0v) is 12.7. The summed E-state index contributed by atoms with van der Waals surface area (Å²) < 4.78 is 4.88. The maximum Gasteiger partial charge on any atom is 0.325 e. The number of carbonyl (C=O) groups is 1. The van der Waals surface area contributed by atoms with Gasteiger partial charge in [-0.2, -0.15) is 0 Å². The van der Waals surface area contributed by atoms with Gasteiger partial charge in [0.2, 0.25) is 0 Å². The van der Waals surface area contributed by atoms with E-state index in [-0.39, 0.29) is 11.2 Å². The summed E-state index contributed by atoms with van der Waals surface area (Å²) >= 11 is 1.63. The monoisotopic (exact) mass is 283 g/mol. The van der Waals surface area contributed by atoms with Crippen molar-refractivity contribution < 1.29 is 9.53 Å². The number of thioether (sulfide) groups is 1. The number of hydrogen-bond donors (Lipinski definition) is 1. The molecule has 1 aromatic heterocycles. The molecular weight excluding hydrogens is 262 g/mol. The van der Waals surface area contributed by atoms with Crippen LogP contribution < -0.4 is 5.32 Å². The van der Waals surface area contributed by atoms with Crippen molar-refractivity contribution in [2.75, 3.05) is 13.7 Å². The van der Waals surface area contributed by atoms with Crippen molar-refractivity contribution in [1.82, 2.24) is 15.3 Å². The van der Waals surface area contributed by atoms with E-state index in [0.29, 0.717) is 6.42 Å². The van der Waals surface area contributed by atoms with Crippen molar-refractivity contribution in [2.24, 2.45) is 0 Å². The Kier molecular flexibility index (Phi) is 6.24. The second kappa shape index (κ2) is 7.45. The highest BCUT2D eigenvalue weighted by Crippen LogP contribution is 2.27. The van der Waals surface area contributed by atoms with Gasteiger partial charge in [-0.15, -0.1) is 11.8 Å². The van der Waals surface area contributed by atoms with Gasteiger partial charge in [-0.05, 0) is 26.0 Å². The lowest BCUT2D eigenvalue weighted by Gasteiger charge is -2.29. The topological polar surface area (TPSA) is 64.1 Å². The third-order valence-corrected chi connectivity index (χ3v) is 3.83. The Labute approximate surface area is 118 Å². The lowest BCUT2D eigenvalue weighted by molar-refractivity contribution is -0.148. The molecule has 1 N–H and O–H groups in total. The maximum atomic E-state index is 11.9. The zero-order chi connectivity index (χ0) is 14.3. The quantitative estimate of drug-likeness (QED) is 0.468. The maximum absolute atomic E-state index is 11.9. The van der Waals surface area contributed by atoms with Crippen molar-refractivity contribution >= 4 is 17.7 Å². The van der Waals surface area contributed by atoms with E-state index in [1.165, 1.54) is 13.4 Å². The van der Waals surface area contributed by atoms with Crippen LogP contribution in [0.3, 0.4) is 0 Å². The molecule has 2 unspecified atom stereocenters. The third kappa shape index (κ3) is 4.80. The first-order chi connectivity index (χ1) is 9.01. The summed E-state index contributed by atoms with van der Waals surface area (Å²) in [6.07, 6.45) is 3.91. The highest BCUT2D eigenvalue weighted by Gasteiger charge is 2.35. The van der Waals surface area contributed by atoms with Crippen molar-refractivity contribution in [2.45, 2.75) is 43.0 Å². The zero-order valence-electron chi connectivity index (χ0n) is 11.8. The highest BCUT2D eigenvalue weighted by atomic mass is 32.2. The number of hydrogen-bond acceptors (Lipinski definition) is 6. The minimum Gasteiger partial charge on any atom is -0.468 e. The minimum absolute atomic E-state index is 0.232. The van der Waals surface area contributed by atoms with Crippen LogP contribution in [0.4, 0.5) is 0 Å². The predicted molar refractivity (Wildman–Crippen MR) is 76.1 cm³/mol. The molecule has 0 bridgehead atoms. The molecule has 2 atom stereocenters. The summed E-state index contributed by atoms with van der Waals surface area (Å²) in [6, 6.07) is 1.86. The molecule has 19 heavy (non-hydrogen) atoms. The van der Waals surface area contributed by atoms with Gasteiger partial charge in [0.25, 0.3) is 0 Å². The summed E-state index contributed by atoms with van der Waals surface area (Å²) in [7, 11) is 1.42. The first-order valence-electron chi connectivity index (χ1n) is 6.28.